The number of thioether (sulfide) groups is 1. The van der Waals surface area contributed by atoms with Crippen molar-refractivity contribution in [3.05, 3.63) is 28.8 Å². The van der Waals surface area contributed by atoms with Gasteiger partial charge in [0.15, 0.2) is 0 Å². The van der Waals surface area contributed by atoms with Gasteiger partial charge in [0.05, 0.1) is 22.9 Å². The molecule has 0 spiro atoms. The van der Waals surface area contributed by atoms with E-state index >= 15 is 0 Å². The molecule has 0 saturated heterocycles. The minimum atomic E-state index is -0.0101. The van der Waals surface area contributed by atoms with E-state index in [9.17, 15) is 4.79 Å². The van der Waals surface area contributed by atoms with E-state index in [1.54, 1.807) is 22.6 Å². The van der Waals surface area contributed by atoms with E-state index in [2.05, 4.69) is 15.6 Å². The van der Waals surface area contributed by atoms with Gasteiger partial charge >= 0.3 is 0 Å². The molecule has 1 atom stereocenters. The van der Waals surface area contributed by atoms with Crippen LogP contribution < -0.4 is 5.32 Å². The molecular formula is C12H14N4O2S. The van der Waals surface area contributed by atoms with E-state index in [0.29, 0.717) is 5.75 Å². The number of amides is 1. The molecule has 1 unspecified atom stereocenters. The van der Waals surface area contributed by atoms with Crippen molar-refractivity contribution in [3.8, 4) is 0 Å². The molecule has 6 nitrogen and oxygen atoms in total. The smallest absolute Gasteiger partial charge is 0.235 e. The normalized spacial score (nSPS) is 18.9. The van der Waals surface area contributed by atoms with Crippen LogP contribution in [0.1, 0.15) is 27.8 Å². The van der Waals surface area contributed by atoms with E-state index in [1.165, 1.54) is 0 Å². The highest BCUT2D eigenvalue weighted by Crippen LogP contribution is 2.43. The van der Waals surface area contributed by atoms with Crippen LogP contribution in [0.4, 0.5) is 5.82 Å². The van der Waals surface area contributed by atoms with Gasteiger partial charge in [-0.3, -0.25) is 9.48 Å². The van der Waals surface area contributed by atoms with Crippen molar-refractivity contribution in [3.63, 3.8) is 0 Å². The Hall–Kier alpha value is -1.76. The fourth-order valence-electron chi connectivity index (χ4n) is 2.32. The standard InChI is InChI=1S/C12H14N4O2S/c1-6-10(7(2)18-15-6)11-8-4-13-16(3)12(8)14-9(17)5-19-11/h4,11H,5H2,1-3H3,(H,14,17). The third-order valence-electron chi connectivity index (χ3n) is 3.24. The predicted octanol–water partition coefficient (Wildman–Crippen LogP) is 1.80. The Morgan fingerprint density at radius 3 is 3.00 bits per heavy atom. The number of carbonyl (C=O) groups is 1. The Morgan fingerprint density at radius 1 is 1.53 bits per heavy atom. The molecule has 1 aliphatic heterocycles. The van der Waals surface area contributed by atoms with Gasteiger partial charge in [-0.05, 0) is 13.8 Å². The monoisotopic (exact) mass is 278 g/mol. The first kappa shape index (κ1) is 12.3. The van der Waals surface area contributed by atoms with Crippen LogP contribution in [-0.2, 0) is 11.8 Å². The van der Waals surface area contributed by atoms with E-state index in [4.69, 9.17) is 4.52 Å². The van der Waals surface area contributed by atoms with Crippen molar-refractivity contribution in [2.45, 2.75) is 19.1 Å². The number of fused-ring (bicyclic) bond motifs is 1. The van der Waals surface area contributed by atoms with E-state index in [-0.39, 0.29) is 11.2 Å². The van der Waals surface area contributed by atoms with Gasteiger partial charge in [0.25, 0.3) is 0 Å². The van der Waals surface area contributed by atoms with Crippen LogP contribution in [0.25, 0.3) is 0 Å². The van der Waals surface area contributed by atoms with Crippen LogP contribution in [0.5, 0.6) is 0 Å². The van der Waals surface area contributed by atoms with Crippen LogP contribution >= 0.6 is 11.8 Å². The largest absolute Gasteiger partial charge is 0.361 e. The number of nitrogens with one attached hydrogen (secondary N) is 1. The number of hydrogen-bond acceptors (Lipinski definition) is 5. The summed E-state index contributed by atoms with van der Waals surface area (Å²) in [4.78, 5) is 11.8. The Labute approximate surface area is 114 Å². The molecule has 1 aliphatic rings. The van der Waals surface area contributed by atoms with Gasteiger partial charge in [0.1, 0.15) is 11.6 Å². The van der Waals surface area contributed by atoms with Gasteiger partial charge < -0.3 is 9.84 Å². The van der Waals surface area contributed by atoms with Crippen LogP contribution in [0, 0.1) is 13.8 Å². The van der Waals surface area contributed by atoms with Crippen molar-refractivity contribution >= 4 is 23.5 Å². The van der Waals surface area contributed by atoms with Gasteiger partial charge in [0.2, 0.25) is 5.91 Å². The average Bonchev–Trinajstić information content (AvgIpc) is 2.82. The molecule has 1 N–H and O–H groups in total. The molecule has 0 saturated carbocycles. The number of carbonyl (C=O) groups excluding carboxylic acids is 1. The fourth-order valence-corrected chi connectivity index (χ4v) is 3.57. The van der Waals surface area contributed by atoms with Crippen LogP contribution in [0.15, 0.2) is 10.7 Å². The SMILES string of the molecule is Cc1noc(C)c1C1SCC(=O)Nc2c1cnn2C. The summed E-state index contributed by atoms with van der Waals surface area (Å²) in [5.41, 5.74) is 2.89. The van der Waals surface area contributed by atoms with Gasteiger partial charge in [0, 0.05) is 18.2 Å². The number of hydrogen-bond donors (Lipinski definition) is 1. The zero-order valence-corrected chi connectivity index (χ0v) is 11.7. The molecule has 3 rings (SSSR count). The Bertz CT molecular complexity index is 627. The van der Waals surface area contributed by atoms with Crippen molar-refractivity contribution in [1.29, 1.82) is 0 Å². The molecule has 19 heavy (non-hydrogen) atoms. The maximum atomic E-state index is 11.8. The molecule has 7 heteroatoms. The zero-order valence-electron chi connectivity index (χ0n) is 10.9. The first-order valence-corrected chi connectivity index (χ1v) is 6.99. The Kier molecular flexibility index (Phi) is 2.85. The highest BCUT2D eigenvalue weighted by molar-refractivity contribution is 8.00. The summed E-state index contributed by atoms with van der Waals surface area (Å²) in [5, 5.41) is 11.1. The zero-order chi connectivity index (χ0) is 13.6. The second kappa shape index (κ2) is 4.41. The molecule has 2 aromatic rings. The number of nitrogens with zero attached hydrogens (tertiary/aromatic N) is 3. The van der Waals surface area contributed by atoms with Crippen molar-refractivity contribution < 1.29 is 9.32 Å². The summed E-state index contributed by atoms with van der Waals surface area (Å²) in [6.07, 6.45) is 1.80. The van der Waals surface area contributed by atoms with Crippen molar-refractivity contribution in [2.75, 3.05) is 11.1 Å². The summed E-state index contributed by atoms with van der Waals surface area (Å²) in [6, 6.07) is 0. The van der Waals surface area contributed by atoms with Crippen LogP contribution in [0.3, 0.4) is 0 Å². The molecule has 0 aliphatic carbocycles. The summed E-state index contributed by atoms with van der Waals surface area (Å²) >= 11 is 1.57. The molecule has 3 heterocycles. The third kappa shape index (κ3) is 1.94. The van der Waals surface area contributed by atoms with E-state index in [0.717, 1.165) is 28.4 Å². The number of rotatable bonds is 1. The lowest BCUT2D eigenvalue weighted by Gasteiger charge is -2.13. The third-order valence-corrected chi connectivity index (χ3v) is 4.49. The Balaban J connectivity index is 2.15. The van der Waals surface area contributed by atoms with Crippen LogP contribution in [-0.4, -0.2) is 26.6 Å². The quantitative estimate of drug-likeness (QED) is 0.861. The summed E-state index contributed by atoms with van der Waals surface area (Å²) in [7, 11) is 1.82. The maximum absolute atomic E-state index is 11.8. The van der Waals surface area contributed by atoms with Crippen molar-refractivity contribution in [1.82, 2.24) is 14.9 Å². The second-order valence-corrected chi connectivity index (χ2v) is 5.64. The molecule has 100 valence electrons. The van der Waals surface area contributed by atoms with Gasteiger partial charge in [-0.15, -0.1) is 11.8 Å². The first-order valence-electron chi connectivity index (χ1n) is 5.94. The molecule has 0 aromatic carbocycles. The van der Waals surface area contributed by atoms with Crippen molar-refractivity contribution in [2.24, 2.45) is 7.05 Å². The molecule has 0 fully saturated rings. The minimum absolute atomic E-state index is 0.0101. The van der Waals surface area contributed by atoms with Gasteiger partial charge in [-0.25, -0.2) is 0 Å². The van der Waals surface area contributed by atoms with E-state index in [1.807, 2.05) is 20.9 Å². The predicted molar refractivity (Wildman–Crippen MR) is 72.1 cm³/mol. The summed E-state index contributed by atoms with van der Waals surface area (Å²) < 4.78 is 6.93. The molecule has 0 bridgehead atoms. The summed E-state index contributed by atoms with van der Waals surface area (Å²) in [5.74, 6) is 1.94. The maximum Gasteiger partial charge on any atom is 0.235 e. The Morgan fingerprint density at radius 2 is 2.32 bits per heavy atom. The highest BCUT2D eigenvalue weighted by atomic mass is 32.2. The molecule has 1 amide bonds. The summed E-state index contributed by atoms with van der Waals surface area (Å²) in [6.45, 7) is 3.81. The molecule has 0 radical (unpaired) electrons. The number of aryl methyl sites for hydroxylation is 3. The van der Waals surface area contributed by atoms with Crippen LogP contribution in [0.2, 0.25) is 0 Å². The number of anilines is 1. The van der Waals surface area contributed by atoms with Gasteiger partial charge in [-0.1, -0.05) is 5.16 Å². The fraction of sp³-hybridized carbons (Fsp3) is 0.417. The number of aromatic nitrogens is 3. The van der Waals surface area contributed by atoms with E-state index < -0.39 is 0 Å². The molecular weight excluding hydrogens is 264 g/mol. The lowest BCUT2D eigenvalue weighted by atomic mass is 10.1. The minimum Gasteiger partial charge on any atom is -0.361 e. The lowest BCUT2D eigenvalue weighted by molar-refractivity contribution is -0.113. The van der Waals surface area contributed by atoms with Gasteiger partial charge in [-0.2, -0.15) is 5.10 Å². The average molecular weight is 278 g/mol. The second-order valence-electron chi connectivity index (χ2n) is 4.55. The first-order chi connectivity index (χ1) is 9.08. The topological polar surface area (TPSA) is 73.0 Å². The highest BCUT2D eigenvalue weighted by Gasteiger charge is 2.30. The lowest BCUT2D eigenvalue weighted by Crippen LogP contribution is -2.15. The molecule has 2 aromatic heterocycles.